The number of hydrogen-bond acceptors (Lipinski definition) is 5. The molecular weight excluding hydrogens is 530 g/mol. The summed E-state index contributed by atoms with van der Waals surface area (Å²) < 4.78 is 18.6. The van der Waals surface area contributed by atoms with Gasteiger partial charge in [-0.3, -0.25) is 4.90 Å². The molecule has 0 bridgehead atoms. The van der Waals surface area contributed by atoms with Crippen LogP contribution in [0.4, 0.5) is 4.79 Å². The third kappa shape index (κ3) is 9.44. The topological polar surface area (TPSA) is 65.1 Å². The van der Waals surface area contributed by atoms with E-state index in [0.29, 0.717) is 22.5 Å². The lowest BCUT2D eigenvalue weighted by Crippen LogP contribution is -2.62. The van der Waals surface area contributed by atoms with E-state index >= 15 is 0 Å². The predicted octanol–water partition coefficient (Wildman–Crippen LogP) is 9.21. The Labute approximate surface area is 252 Å². The molecule has 0 spiro atoms. The zero-order valence-corrected chi connectivity index (χ0v) is 29.1. The van der Waals surface area contributed by atoms with E-state index in [2.05, 4.69) is 72.8 Å². The molecule has 41 heavy (non-hydrogen) atoms. The number of unbranched alkanes of at least 4 members (excludes halogenated alkanes) is 2. The monoisotopic (exact) mass is 591 g/mol. The van der Waals surface area contributed by atoms with Gasteiger partial charge in [0.15, 0.2) is 0 Å². The lowest BCUT2D eigenvalue weighted by atomic mass is 9.69. The molecule has 236 valence electrons. The molecule has 1 aliphatic heterocycles. The van der Waals surface area contributed by atoms with Crippen molar-refractivity contribution in [1.29, 1.82) is 0 Å². The molecule has 0 aromatic heterocycles. The van der Waals surface area contributed by atoms with Gasteiger partial charge in [-0.15, -0.1) is 0 Å². The van der Waals surface area contributed by atoms with Crippen molar-refractivity contribution in [2.24, 2.45) is 11.8 Å². The summed E-state index contributed by atoms with van der Waals surface area (Å²) in [5.74, 6) is 0.203. The van der Waals surface area contributed by atoms with Gasteiger partial charge in [0.25, 0.3) is 0 Å². The van der Waals surface area contributed by atoms with Crippen LogP contribution in [0.1, 0.15) is 121 Å². The van der Waals surface area contributed by atoms with E-state index in [1.165, 1.54) is 12.8 Å². The van der Waals surface area contributed by atoms with Crippen LogP contribution in [-0.2, 0) is 18.7 Å². The molecule has 6 nitrogen and oxygen atoms in total. The van der Waals surface area contributed by atoms with Crippen molar-refractivity contribution < 1.29 is 23.5 Å². The maximum atomic E-state index is 13.6. The first-order valence-electron chi connectivity index (χ1n) is 16.3. The Balaban J connectivity index is 2.28. The highest BCUT2D eigenvalue weighted by Crippen LogP contribution is 2.44. The van der Waals surface area contributed by atoms with E-state index in [-0.39, 0.29) is 36.7 Å². The van der Waals surface area contributed by atoms with Gasteiger partial charge in [0.05, 0.1) is 6.04 Å². The maximum absolute atomic E-state index is 13.6. The standard InChI is InChI=1S/C34H61NO5Si/c1-12-13-14-15-16-17-19-28-20-18-21-30-29(28)22-31(27(8)35(30)33(37)40-34(9,10)11)39-32(36)23-38-41(24(2)3,25(4)5)26(6)7/h15-17,19,24-31H,12-14,18,20-23H2,1-11H3/b16-15+,19-17+/t27-,28+,29-,30+,31-/m0/s1. The van der Waals surface area contributed by atoms with Crippen LogP contribution < -0.4 is 0 Å². The zero-order chi connectivity index (χ0) is 31.0. The Morgan fingerprint density at radius 2 is 1.63 bits per heavy atom. The minimum absolute atomic E-state index is 0.0313. The second-order valence-corrected chi connectivity index (χ2v) is 19.7. The number of piperidine rings is 1. The highest BCUT2D eigenvalue weighted by Gasteiger charge is 2.50. The minimum atomic E-state index is -2.20. The van der Waals surface area contributed by atoms with E-state index in [0.717, 1.165) is 32.1 Å². The van der Waals surface area contributed by atoms with Crippen LogP contribution in [0.2, 0.25) is 16.6 Å². The fraction of sp³-hybridized carbons (Fsp3) is 0.824. The third-order valence-corrected chi connectivity index (χ3v) is 15.3. The largest absolute Gasteiger partial charge is 0.459 e. The van der Waals surface area contributed by atoms with Crippen molar-refractivity contribution in [3.63, 3.8) is 0 Å². The fourth-order valence-electron chi connectivity index (χ4n) is 7.49. The molecule has 0 aromatic carbocycles. The number of fused-ring (bicyclic) bond motifs is 1. The van der Waals surface area contributed by atoms with Gasteiger partial charge in [-0.2, -0.15) is 0 Å². The zero-order valence-electron chi connectivity index (χ0n) is 28.1. The summed E-state index contributed by atoms with van der Waals surface area (Å²) >= 11 is 0. The molecule has 1 saturated heterocycles. The number of carbonyl (C=O) groups is 2. The van der Waals surface area contributed by atoms with Gasteiger partial charge in [-0.05, 0) is 81.8 Å². The predicted molar refractivity (Wildman–Crippen MR) is 171 cm³/mol. The number of likely N-dealkylation sites (tertiary alicyclic amines) is 1. The first-order chi connectivity index (χ1) is 19.2. The summed E-state index contributed by atoms with van der Waals surface area (Å²) in [6.45, 7) is 23.2. The summed E-state index contributed by atoms with van der Waals surface area (Å²) in [7, 11) is -2.20. The van der Waals surface area contributed by atoms with Gasteiger partial charge < -0.3 is 13.9 Å². The molecule has 2 aliphatic rings. The van der Waals surface area contributed by atoms with Crippen LogP contribution in [-0.4, -0.2) is 55.7 Å². The average molecular weight is 592 g/mol. The Hall–Kier alpha value is -1.60. The van der Waals surface area contributed by atoms with Crippen LogP contribution in [0, 0.1) is 11.8 Å². The number of allylic oxidation sites excluding steroid dienone is 4. The van der Waals surface area contributed by atoms with E-state index in [1.54, 1.807) is 0 Å². The highest BCUT2D eigenvalue weighted by atomic mass is 28.4. The Morgan fingerprint density at radius 1 is 1.00 bits per heavy atom. The molecule has 0 unspecified atom stereocenters. The van der Waals surface area contributed by atoms with Crippen molar-refractivity contribution in [1.82, 2.24) is 4.90 Å². The van der Waals surface area contributed by atoms with Gasteiger partial charge in [-0.25, -0.2) is 9.59 Å². The molecule has 1 aliphatic carbocycles. The van der Waals surface area contributed by atoms with E-state index in [9.17, 15) is 9.59 Å². The Morgan fingerprint density at radius 3 is 2.20 bits per heavy atom. The lowest BCUT2D eigenvalue weighted by Gasteiger charge is -2.52. The molecular formula is C34H61NO5Si. The number of amides is 1. The normalized spacial score (nSPS) is 25.9. The van der Waals surface area contributed by atoms with E-state index in [1.807, 2.05) is 32.6 Å². The van der Waals surface area contributed by atoms with E-state index in [4.69, 9.17) is 13.9 Å². The number of carbonyl (C=O) groups excluding carboxylic acids is 2. The summed E-state index contributed by atoms with van der Waals surface area (Å²) in [5, 5.41) is 0. The van der Waals surface area contributed by atoms with Crippen LogP contribution in [0.25, 0.3) is 0 Å². The van der Waals surface area contributed by atoms with Crippen LogP contribution in [0.5, 0.6) is 0 Å². The molecule has 1 heterocycles. The quantitative estimate of drug-likeness (QED) is 0.0979. The smallest absolute Gasteiger partial charge is 0.410 e. The number of nitrogens with zero attached hydrogens (tertiary/aromatic N) is 1. The summed E-state index contributed by atoms with van der Waals surface area (Å²) in [6.07, 6.45) is 15.5. The molecule has 2 fully saturated rings. The molecule has 1 saturated carbocycles. The van der Waals surface area contributed by atoms with Crippen molar-refractivity contribution >= 4 is 20.4 Å². The van der Waals surface area contributed by atoms with Crippen molar-refractivity contribution in [2.45, 2.75) is 162 Å². The van der Waals surface area contributed by atoms with Crippen LogP contribution in [0.3, 0.4) is 0 Å². The minimum Gasteiger partial charge on any atom is -0.459 e. The molecule has 0 N–H and O–H groups in total. The number of esters is 1. The third-order valence-electron chi connectivity index (χ3n) is 9.28. The fourth-order valence-corrected chi connectivity index (χ4v) is 12.9. The SMILES string of the molecule is CCCC/C=C/C=C/[C@@H]1CCC[C@@H]2[C@H]1C[C@H](OC(=O)CO[Si](C(C)C)(C(C)C)C(C)C)[C@H](C)N2C(=O)OC(C)(C)C. The molecule has 1 amide bonds. The molecule has 0 radical (unpaired) electrons. The second-order valence-electron chi connectivity index (χ2n) is 14.3. The van der Waals surface area contributed by atoms with Crippen molar-refractivity contribution in [3.8, 4) is 0 Å². The number of hydrogen-bond donors (Lipinski definition) is 0. The van der Waals surface area contributed by atoms with Crippen LogP contribution >= 0.6 is 0 Å². The van der Waals surface area contributed by atoms with Gasteiger partial charge >= 0.3 is 12.1 Å². The molecule has 0 aromatic rings. The molecule has 5 atom stereocenters. The Bertz CT molecular complexity index is 868. The summed E-state index contributed by atoms with van der Waals surface area (Å²) in [6, 6.07) is -0.199. The van der Waals surface area contributed by atoms with Crippen LogP contribution in [0.15, 0.2) is 24.3 Å². The first kappa shape index (κ1) is 35.6. The number of rotatable bonds is 12. The van der Waals surface area contributed by atoms with Gasteiger partial charge in [0.1, 0.15) is 18.3 Å². The molecule has 7 heteroatoms. The lowest BCUT2D eigenvalue weighted by molar-refractivity contribution is -0.163. The molecule has 2 rings (SSSR count). The van der Waals surface area contributed by atoms with Crippen molar-refractivity contribution in [3.05, 3.63) is 24.3 Å². The summed E-state index contributed by atoms with van der Waals surface area (Å²) in [4.78, 5) is 28.8. The average Bonchev–Trinajstić information content (AvgIpc) is 2.85. The van der Waals surface area contributed by atoms with E-state index < -0.39 is 20.0 Å². The highest BCUT2D eigenvalue weighted by molar-refractivity contribution is 6.77. The van der Waals surface area contributed by atoms with Gasteiger partial charge in [-0.1, -0.05) is 92.0 Å². The van der Waals surface area contributed by atoms with Crippen molar-refractivity contribution in [2.75, 3.05) is 6.61 Å². The second kappa shape index (κ2) is 15.7. The van der Waals surface area contributed by atoms with Gasteiger partial charge in [0.2, 0.25) is 8.32 Å². The first-order valence-corrected chi connectivity index (χ1v) is 18.5. The van der Waals surface area contributed by atoms with Gasteiger partial charge in [0, 0.05) is 6.04 Å². The summed E-state index contributed by atoms with van der Waals surface area (Å²) in [5.41, 5.74) is 0.564. The Kier molecular flexibility index (Phi) is 13.7. The maximum Gasteiger partial charge on any atom is 0.410 e. The number of ether oxygens (including phenoxy) is 2.